The number of nitrogens with zero attached hydrogens (tertiary/aromatic N) is 1. The molecular weight excluding hydrogens is 619 g/mol. The van der Waals surface area contributed by atoms with Gasteiger partial charge in [0.2, 0.25) is 0 Å². The molecule has 0 saturated carbocycles. The maximum absolute atomic E-state index is 6.56. The molecule has 0 aliphatic carbocycles. The molecule has 3 nitrogen and oxygen atoms in total. The Hall–Kier alpha value is -6.10. The van der Waals surface area contributed by atoms with Crippen LogP contribution in [0.15, 0.2) is 168 Å². The van der Waals surface area contributed by atoms with Gasteiger partial charge in [0.1, 0.15) is 22.7 Å². The van der Waals surface area contributed by atoms with Crippen LogP contribution in [0.4, 0.5) is 17.1 Å². The molecule has 0 unspecified atom stereocenters. The molecule has 0 bridgehead atoms. The second-order valence-electron chi connectivity index (χ2n) is 12.5. The highest BCUT2D eigenvalue weighted by Crippen LogP contribution is 2.44. The summed E-state index contributed by atoms with van der Waals surface area (Å²) >= 11 is 1.85. The lowest BCUT2D eigenvalue weighted by atomic mass is 9.99. The molecule has 0 amide bonds. The summed E-state index contributed by atoms with van der Waals surface area (Å²) in [5.74, 6) is 1.78. The Morgan fingerprint density at radius 1 is 0.490 bits per heavy atom. The summed E-state index contributed by atoms with van der Waals surface area (Å²) in [4.78, 5) is 2.33. The van der Waals surface area contributed by atoms with Crippen molar-refractivity contribution >= 4 is 76.3 Å². The maximum atomic E-state index is 6.56. The molecule has 4 heteroatoms. The highest BCUT2D eigenvalue weighted by Gasteiger charge is 2.21. The molecule has 0 saturated heterocycles. The van der Waals surface area contributed by atoms with Gasteiger partial charge in [-0.05, 0) is 89.9 Å². The van der Waals surface area contributed by atoms with Gasteiger partial charge in [-0.3, -0.25) is 0 Å². The summed E-state index contributed by atoms with van der Waals surface area (Å²) < 4.78 is 15.6. The first-order chi connectivity index (χ1) is 24.3. The Bertz CT molecular complexity index is 2700. The van der Waals surface area contributed by atoms with Gasteiger partial charge in [-0.1, -0.05) is 97.1 Å². The highest BCUT2D eigenvalue weighted by molar-refractivity contribution is 7.25. The van der Waals surface area contributed by atoms with E-state index in [0.717, 1.165) is 73.6 Å². The average Bonchev–Trinajstić information content (AvgIpc) is 3.74. The van der Waals surface area contributed by atoms with Crippen LogP contribution in [0.1, 0.15) is 11.1 Å². The minimum absolute atomic E-state index is 0.824. The predicted molar refractivity (Wildman–Crippen MR) is 205 cm³/mol. The van der Waals surface area contributed by atoms with Crippen molar-refractivity contribution in [2.45, 2.75) is 6.42 Å². The quantitative estimate of drug-likeness (QED) is 0.186. The molecule has 49 heavy (non-hydrogen) atoms. The van der Waals surface area contributed by atoms with Crippen molar-refractivity contribution in [3.8, 4) is 16.9 Å². The molecule has 10 rings (SSSR count). The molecule has 2 aromatic heterocycles. The van der Waals surface area contributed by atoms with Crippen LogP contribution < -0.4 is 9.64 Å². The monoisotopic (exact) mass is 647 g/mol. The number of anilines is 3. The maximum Gasteiger partial charge on any atom is 0.142 e. The average molecular weight is 648 g/mol. The van der Waals surface area contributed by atoms with Gasteiger partial charge in [-0.2, -0.15) is 0 Å². The van der Waals surface area contributed by atoms with Gasteiger partial charge in [0.05, 0.1) is 5.39 Å². The minimum Gasteiger partial charge on any atom is -0.456 e. The Labute approximate surface area is 287 Å². The molecule has 1 aliphatic rings. The first-order valence-corrected chi connectivity index (χ1v) is 17.4. The molecule has 232 valence electrons. The number of furan rings is 1. The second-order valence-corrected chi connectivity index (χ2v) is 13.6. The van der Waals surface area contributed by atoms with E-state index in [0.29, 0.717) is 0 Å². The molecule has 0 fully saturated rings. The molecule has 0 atom stereocenters. The number of ether oxygens (including phenoxy) is 1. The van der Waals surface area contributed by atoms with E-state index < -0.39 is 0 Å². The van der Waals surface area contributed by atoms with Crippen LogP contribution in [-0.2, 0) is 6.42 Å². The van der Waals surface area contributed by atoms with Crippen molar-refractivity contribution < 1.29 is 9.15 Å². The fraction of sp³-hybridized carbons (Fsp3) is 0.0222. The van der Waals surface area contributed by atoms with Crippen molar-refractivity contribution in [2.75, 3.05) is 4.90 Å². The van der Waals surface area contributed by atoms with Crippen LogP contribution in [0.3, 0.4) is 0 Å². The number of rotatable bonds is 5. The summed E-state index contributed by atoms with van der Waals surface area (Å²) in [5, 5.41) is 4.71. The van der Waals surface area contributed by atoms with Crippen LogP contribution in [0.2, 0.25) is 0 Å². The smallest absolute Gasteiger partial charge is 0.142 e. The molecule has 0 radical (unpaired) electrons. The lowest BCUT2D eigenvalue weighted by Crippen LogP contribution is -2.09. The number of allylic oxidation sites excluding steroid dienone is 1. The summed E-state index contributed by atoms with van der Waals surface area (Å²) in [6.07, 6.45) is 2.99. The zero-order valence-electron chi connectivity index (χ0n) is 26.5. The SMILES string of the molecule is C1=C(c2ccccc2)Oc2c(ccc3oc4cc(-c5ccc(N(c6ccccc6)c6ccc7c(c6)sc6ccccc67)cc5)ccc4c23)C1. The Balaban J connectivity index is 1.01. The van der Waals surface area contributed by atoms with E-state index in [1.165, 1.54) is 25.7 Å². The lowest BCUT2D eigenvalue weighted by Gasteiger charge is -2.25. The first-order valence-electron chi connectivity index (χ1n) is 16.6. The van der Waals surface area contributed by atoms with Gasteiger partial charge in [0, 0.05) is 48.2 Å². The Morgan fingerprint density at radius 3 is 2.04 bits per heavy atom. The minimum atomic E-state index is 0.824. The van der Waals surface area contributed by atoms with E-state index in [9.17, 15) is 0 Å². The lowest BCUT2D eigenvalue weighted by molar-refractivity contribution is 0.504. The van der Waals surface area contributed by atoms with E-state index >= 15 is 0 Å². The number of benzene rings is 7. The van der Waals surface area contributed by atoms with E-state index in [1.54, 1.807) is 0 Å². The van der Waals surface area contributed by atoms with Crippen LogP contribution in [0.5, 0.6) is 5.75 Å². The Morgan fingerprint density at radius 2 is 1.18 bits per heavy atom. The zero-order chi connectivity index (χ0) is 32.3. The van der Waals surface area contributed by atoms with Crippen LogP contribution in [-0.4, -0.2) is 0 Å². The molecule has 0 N–H and O–H groups in total. The number of hydrogen-bond acceptors (Lipinski definition) is 4. The van der Waals surface area contributed by atoms with Crippen molar-refractivity contribution in [1.82, 2.24) is 0 Å². The Kier molecular flexibility index (Phi) is 6.42. The van der Waals surface area contributed by atoms with Crippen molar-refractivity contribution in [1.29, 1.82) is 0 Å². The van der Waals surface area contributed by atoms with E-state index in [1.807, 2.05) is 29.5 Å². The van der Waals surface area contributed by atoms with Crippen molar-refractivity contribution in [2.24, 2.45) is 0 Å². The second kappa shape index (κ2) is 11.3. The third kappa shape index (κ3) is 4.72. The third-order valence-electron chi connectivity index (χ3n) is 9.54. The standard InChI is InChI=1S/C45H29NO2S/c1-3-9-30(10-4-1)39-25-18-31-19-26-40-44(45(31)48-39)38-23-17-32(27-41(38)47-40)29-15-20-34(21-16-29)46(33-11-5-2-6-12-33)35-22-24-37-36-13-7-8-14-42(36)49-43(37)28-35/h1-17,19-28H,18H2. The summed E-state index contributed by atoms with van der Waals surface area (Å²) in [5.41, 5.74) is 9.54. The third-order valence-corrected chi connectivity index (χ3v) is 10.7. The molecule has 3 heterocycles. The normalized spacial score (nSPS) is 12.7. The highest BCUT2D eigenvalue weighted by atomic mass is 32.1. The summed E-state index contributed by atoms with van der Waals surface area (Å²) in [6, 6.07) is 55.9. The van der Waals surface area contributed by atoms with Crippen LogP contribution >= 0.6 is 11.3 Å². The van der Waals surface area contributed by atoms with E-state index in [4.69, 9.17) is 9.15 Å². The largest absolute Gasteiger partial charge is 0.456 e. The predicted octanol–water partition coefficient (Wildman–Crippen LogP) is 13.1. The fourth-order valence-corrected chi connectivity index (χ4v) is 8.29. The molecule has 1 aliphatic heterocycles. The molecular formula is C45H29NO2S. The summed E-state index contributed by atoms with van der Waals surface area (Å²) in [7, 11) is 0. The number of fused-ring (bicyclic) bond motifs is 8. The van der Waals surface area contributed by atoms with E-state index in [-0.39, 0.29) is 0 Å². The van der Waals surface area contributed by atoms with Gasteiger partial charge in [0.15, 0.2) is 0 Å². The van der Waals surface area contributed by atoms with Gasteiger partial charge in [0.25, 0.3) is 0 Å². The molecule has 0 spiro atoms. The molecule has 7 aromatic carbocycles. The van der Waals surface area contributed by atoms with Crippen molar-refractivity contribution in [3.05, 3.63) is 175 Å². The van der Waals surface area contributed by atoms with Gasteiger partial charge in [-0.15, -0.1) is 11.3 Å². The summed E-state index contributed by atoms with van der Waals surface area (Å²) in [6.45, 7) is 0. The number of thiophene rings is 1. The van der Waals surface area contributed by atoms with Crippen LogP contribution in [0.25, 0.3) is 59.0 Å². The zero-order valence-corrected chi connectivity index (χ0v) is 27.3. The number of para-hydroxylation sites is 1. The van der Waals surface area contributed by atoms with Gasteiger partial charge in [-0.25, -0.2) is 0 Å². The van der Waals surface area contributed by atoms with Crippen LogP contribution in [0, 0.1) is 0 Å². The first kappa shape index (κ1) is 28.0. The molecule has 9 aromatic rings. The van der Waals surface area contributed by atoms with Gasteiger partial charge < -0.3 is 14.1 Å². The topological polar surface area (TPSA) is 25.6 Å². The van der Waals surface area contributed by atoms with Gasteiger partial charge >= 0.3 is 0 Å². The number of hydrogen-bond donors (Lipinski definition) is 0. The van der Waals surface area contributed by atoms with Crippen molar-refractivity contribution in [3.63, 3.8) is 0 Å². The fourth-order valence-electron chi connectivity index (χ4n) is 7.15. The van der Waals surface area contributed by atoms with E-state index in [2.05, 4.69) is 151 Å².